The summed E-state index contributed by atoms with van der Waals surface area (Å²) >= 11 is 0. The lowest BCUT2D eigenvalue weighted by Gasteiger charge is -2.29. The molecule has 1 aromatic rings. The van der Waals surface area contributed by atoms with E-state index in [1.807, 2.05) is 12.1 Å². The third-order valence-electron chi connectivity index (χ3n) is 2.93. The van der Waals surface area contributed by atoms with Crippen molar-refractivity contribution in [3.05, 3.63) is 43.0 Å². The Kier molecular flexibility index (Phi) is 3.67. The zero-order chi connectivity index (χ0) is 10.6. The highest BCUT2D eigenvalue weighted by Gasteiger charge is 2.30. The van der Waals surface area contributed by atoms with Crippen molar-refractivity contribution in [1.82, 2.24) is 0 Å². The molecule has 2 heteroatoms. The molecule has 1 rings (SSSR count). The molecule has 0 aliphatic carbocycles. The Morgan fingerprint density at radius 2 is 1.93 bits per heavy atom. The monoisotopic (exact) mass is 206 g/mol. The Balaban J connectivity index is 3.00. The molecule has 0 saturated heterocycles. The lowest BCUT2D eigenvalue weighted by atomic mass is 10.4. The van der Waals surface area contributed by atoms with E-state index in [4.69, 9.17) is 0 Å². The van der Waals surface area contributed by atoms with Gasteiger partial charge in [-0.3, -0.25) is 0 Å². The van der Waals surface area contributed by atoms with Gasteiger partial charge in [-0.05, 0) is 5.54 Å². The maximum absolute atomic E-state index is 9.29. The molecule has 0 saturated carbocycles. The van der Waals surface area contributed by atoms with Gasteiger partial charge >= 0.3 is 0 Å². The quantitative estimate of drug-likeness (QED) is 0.591. The fraction of sp³-hybridized carbons (Fsp3) is 0.333. The molecule has 0 aliphatic heterocycles. The number of benzene rings is 1. The Hall–Kier alpha value is -0.863. The first-order valence-corrected chi connectivity index (χ1v) is 7.99. The Morgan fingerprint density at radius 1 is 1.36 bits per heavy atom. The van der Waals surface area contributed by atoms with E-state index in [-0.39, 0.29) is 12.1 Å². The summed E-state index contributed by atoms with van der Waals surface area (Å²) in [6.45, 7) is 8.54. The summed E-state index contributed by atoms with van der Waals surface area (Å²) in [5.74, 6) is 0. The molecule has 14 heavy (non-hydrogen) atoms. The molecule has 1 N–H and O–H groups in total. The zero-order valence-electron chi connectivity index (χ0n) is 8.90. The summed E-state index contributed by atoms with van der Waals surface area (Å²) in [4.78, 5) is 0. The second kappa shape index (κ2) is 4.58. The Morgan fingerprint density at radius 3 is 2.36 bits per heavy atom. The highest BCUT2D eigenvalue weighted by atomic mass is 28.3. The zero-order valence-corrected chi connectivity index (χ0v) is 9.90. The Bertz CT molecular complexity index is 292. The molecule has 0 spiro atoms. The van der Waals surface area contributed by atoms with Gasteiger partial charge in [-0.25, -0.2) is 0 Å². The van der Waals surface area contributed by atoms with Gasteiger partial charge in [-0.15, -0.1) is 6.58 Å². The molecule has 0 heterocycles. The van der Waals surface area contributed by atoms with Crippen LogP contribution in [-0.4, -0.2) is 19.8 Å². The number of rotatable bonds is 4. The van der Waals surface area contributed by atoms with Crippen LogP contribution in [-0.2, 0) is 0 Å². The molecule has 1 aromatic carbocycles. The molecular formula is C12H18OSi. The van der Waals surface area contributed by atoms with Crippen LogP contribution in [0.4, 0.5) is 0 Å². The second-order valence-electron chi connectivity index (χ2n) is 4.11. The molecule has 0 unspecified atom stereocenters. The molecule has 0 amide bonds. The maximum atomic E-state index is 9.29. The van der Waals surface area contributed by atoms with Gasteiger partial charge in [0.15, 0.2) is 0 Å². The number of aliphatic hydroxyl groups is 1. The molecule has 0 radical (unpaired) electrons. The van der Waals surface area contributed by atoms with Crippen molar-refractivity contribution in [3.8, 4) is 0 Å². The lowest BCUT2D eigenvalue weighted by molar-refractivity contribution is 0.300. The van der Waals surface area contributed by atoms with Crippen LogP contribution in [0.15, 0.2) is 43.0 Å². The van der Waals surface area contributed by atoms with E-state index >= 15 is 0 Å². The number of hydrogen-bond donors (Lipinski definition) is 1. The first-order chi connectivity index (χ1) is 6.62. The summed E-state index contributed by atoms with van der Waals surface area (Å²) in [5.41, 5.74) is 0.241. The average molecular weight is 206 g/mol. The van der Waals surface area contributed by atoms with Gasteiger partial charge in [0.25, 0.3) is 0 Å². The molecule has 0 aliphatic rings. The maximum Gasteiger partial charge on any atom is 0.0898 e. The smallest absolute Gasteiger partial charge is 0.0898 e. The van der Waals surface area contributed by atoms with Gasteiger partial charge in [0, 0.05) is 6.61 Å². The van der Waals surface area contributed by atoms with Crippen LogP contribution in [0.25, 0.3) is 0 Å². The van der Waals surface area contributed by atoms with Crippen LogP contribution in [0.2, 0.25) is 18.6 Å². The summed E-state index contributed by atoms with van der Waals surface area (Å²) < 4.78 is 0. The molecule has 1 atom stereocenters. The van der Waals surface area contributed by atoms with Crippen LogP contribution in [0, 0.1) is 0 Å². The van der Waals surface area contributed by atoms with Gasteiger partial charge in [-0.2, -0.15) is 0 Å². The van der Waals surface area contributed by atoms with Crippen molar-refractivity contribution < 1.29 is 5.11 Å². The van der Waals surface area contributed by atoms with E-state index in [0.29, 0.717) is 0 Å². The van der Waals surface area contributed by atoms with Crippen LogP contribution in [0.5, 0.6) is 0 Å². The van der Waals surface area contributed by atoms with E-state index in [2.05, 4.69) is 43.9 Å². The van der Waals surface area contributed by atoms with E-state index in [1.54, 1.807) is 0 Å². The SMILES string of the molecule is C=C[C@H](CO)[Si](C)(C)c1ccccc1. The van der Waals surface area contributed by atoms with Crippen LogP contribution < -0.4 is 5.19 Å². The first-order valence-electron chi connectivity index (χ1n) is 4.92. The Labute approximate surface area is 87.1 Å². The van der Waals surface area contributed by atoms with Crippen molar-refractivity contribution in [3.63, 3.8) is 0 Å². The van der Waals surface area contributed by atoms with Crippen molar-refractivity contribution in [2.45, 2.75) is 18.6 Å². The lowest BCUT2D eigenvalue weighted by Crippen LogP contribution is -2.46. The topological polar surface area (TPSA) is 20.2 Å². The predicted octanol–water partition coefficient (Wildman–Crippen LogP) is 2.15. The van der Waals surface area contributed by atoms with E-state index in [9.17, 15) is 5.11 Å². The molecule has 1 nitrogen and oxygen atoms in total. The fourth-order valence-electron chi connectivity index (χ4n) is 1.68. The van der Waals surface area contributed by atoms with Gasteiger partial charge < -0.3 is 5.11 Å². The molecular weight excluding hydrogens is 188 g/mol. The van der Waals surface area contributed by atoms with Gasteiger partial charge in [-0.1, -0.05) is 54.7 Å². The molecule has 76 valence electrons. The minimum absolute atomic E-state index is 0.206. The van der Waals surface area contributed by atoms with Crippen molar-refractivity contribution in [2.75, 3.05) is 6.61 Å². The first kappa shape index (κ1) is 11.2. The minimum Gasteiger partial charge on any atom is -0.396 e. The number of aliphatic hydroxyl groups excluding tert-OH is 1. The summed E-state index contributed by atoms with van der Waals surface area (Å²) in [6.07, 6.45) is 1.89. The normalized spacial score (nSPS) is 13.6. The highest BCUT2D eigenvalue weighted by Crippen LogP contribution is 2.21. The number of hydrogen-bond acceptors (Lipinski definition) is 1. The van der Waals surface area contributed by atoms with Gasteiger partial charge in [0.2, 0.25) is 0 Å². The van der Waals surface area contributed by atoms with Crippen molar-refractivity contribution in [2.24, 2.45) is 0 Å². The van der Waals surface area contributed by atoms with Crippen LogP contribution in [0.1, 0.15) is 0 Å². The van der Waals surface area contributed by atoms with E-state index < -0.39 is 8.07 Å². The molecule has 0 fully saturated rings. The van der Waals surface area contributed by atoms with E-state index in [1.165, 1.54) is 5.19 Å². The minimum atomic E-state index is -1.58. The fourth-order valence-corrected chi connectivity index (χ4v) is 4.20. The predicted molar refractivity (Wildman–Crippen MR) is 64.6 cm³/mol. The summed E-state index contributed by atoms with van der Waals surface area (Å²) in [6, 6.07) is 10.4. The summed E-state index contributed by atoms with van der Waals surface area (Å²) in [5, 5.41) is 10.7. The van der Waals surface area contributed by atoms with Crippen molar-refractivity contribution >= 4 is 13.3 Å². The van der Waals surface area contributed by atoms with Gasteiger partial charge in [0.1, 0.15) is 0 Å². The largest absolute Gasteiger partial charge is 0.396 e. The summed E-state index contributed by atoms with van der Waals surface area (Å²) in [7, 11) is -1.58. The third kappa shape index (κ3) is 2.14. The average Bonchev–Trinajstić information content (AvgIpc) is 2.20. The highest BCUT2D eigenvalue weighted by molar-refractivity contribution is 6.91. The van der Waals surface area contributed by atoms with E-state index in [0.717, 1.165) is 0 Å². The van der Waals surface area contributed by atoms with Gasteiger partial charge in [0.05, 0.1) is 8.07 Å². The van der Waals surface area contributed by atoms with Crippen LogP contribution in [0.3, 0.4) is 0 Å². The third-order valence-corrected chi connectivity index (χ3v) is 7.02. The van der Waals surface area contributed by atoms with Crippen LogP contribution >= 0.6 is 0 Å². The molecule has 0 bridgehead atoms. The standard InChI is InChI=1S/C12H18OSi/c1-4-11(10-13)14(2,3)12-8-6-5-7-9-12/h4-9,11,13H,1,10H2,2-3H3/t11-/m1/s1. The molecule has 0 aromatic heterocycles. The second-order valence-corrected chi connectivity index (χ2v) is 8.87. The van der Waals surface area contributed by atoms with Crippen molar-refractivity contribution in [1.29, 1.82) is 0 Å².